The van der Waals surface area contributed by atoms with Crippen molar-refractivity contribution in [2.45, 2.75) is 13.3 Å². The Hall–Kier alpha value is 0.196. The number of hydrogen-bond donors (Lipinski definition) is 4. The van der Waals surface area contributed by atoms with E-state index in [1.807, 2.05) is 0 Å². The van der Waals surface area contributed by atoms with Crippen molar-refractivity contribution in [1.82, 2.24) is 16.0 Å². The van der Waals surface area contributed by atoms with E-state index in [1.165, 1.54) is 0 Å². The first-order chi connectivity index (χ1) is 9.66. The number of aliphatic imine (C=N–C) groups is 1. The molecule has 116 valence electrons. The number of aliphatic carboxylic acids is 1. The van der Waals surface area contributed by atoms with E-state index in [0.717, 1.165) is 51.3 Å². The van der Waals surface area contributed by atoms with Gasteiger partial charge in [0.25, 0.3) is 0 Å². The molecule has 21 heavy (non-hydrogen) atoms. The van der Waals surface area contributed by atoms with Crippen LogP contribution < -0.4 is 72.4 Å². The molecule has 0 aromatic heterocycles. The van der Waals surface area contributed by atoms with Crippen LogP contribution >= 0.6 is 0 Å². The summed E-state index contributed by atoms with van der Waals surface area (Å²) in [6.07, 6.45) is 2.88. The smallest absolute Gasteiger partial charge is 0.859 e. The van der Waals surface area contributed by atoms with Crippen LogP contribution in [0.3, 0.4) is 0 Å². The van der Waals surface area contributed by atoms with Crippen LogP contribution in [0.5, 0.6) is 0 Å². The van der Waals surface area contributed by atoms with Gasteiger partial charge in [0, 0.05) is 38.8 Å². The molecule has 0 atom stereocenters. The number of nitrogens with zero attached hydrogens (tertiary/aromatic N) is 1. The Labute approximate surface area is 169 Å². The topological polar surface area (TPSA) is 109 Å². The zero-order chi connectivity index (χ0) is 15.1. The average molecular weight is 324 g/mol. The summed E-state index contributed by atoms with van der Waals surface area (Å²) in [7, 11) is 0. The summed E-state index contributed by atoms with van der Waals surface area (Å²) in [5, 5.41) is 29.1. The van der Waals surface area contributed by atoms with E-state index in [1.54, 1.807) is 0 Å². The molecule has 0 unspecified atom stereocenters. The van der Waals surface area contributed by atoms with Crippen molar-refractivity contribution in [3.05, 3.63) is 12.2 Å². The maximum atomic E-state index is 11.0. The predicted molar refractivity (Wildman–Crippen MR) is 78.0 cm³/mol. The number of rotatable bonds is 13. The predicted octanol–water partition coefficient (Wildman–Crippen LogP) is -4.43. The fourth-order valence-electron chi connectivity index (χ4n) is 1.35. The molecule has 0 radical (unpaired) electrons. The van der Waals surface area contributed by atoms with Crippen LogP contribution in [-0.2, 0) is 4.79 Å². The Morgan fingerprint density at radius 1 is 1.05 bits per heavy atom. The van der Waals surface area contributed by atoms with Gasteiger partial charge < -0.3 is 26.2 Å². The summed E-state index contributed by atoms with van der Waals surface area (Å²) in [6, 6.07) is 0. The molecule has 0 rings (SSSR count). The van der Waals surface area contributed by atoms with Crippen LogP contribution in [0.2, 0.25) is 0 Å². The Kier molecular flexibility index (Phi) is 20.4. The summed E-state index contributed by atoms with van der Waals surface area (Å²) in [5.41, 5.74) is 0. The first-order valence-electron chi connectivity index (χ1n) is 6.91. The van der Waals surface area contributed by atoms with Crippen LogP contribution in [0.15, 0.2) is 17.1 Å². The molecule has 0 bridgehead atoms. The molecule has 0 aliphatic rings. The second kappa shape index (κ2) is 18.2. The Morgan fingerprint density at radius 3 is 2.10 bits per heavy atom. The SMILES string of the molecule is CCCNCCNCCNCCN=C([O-])/C=C/C(=O)O.[K+]. The maximum Gasteiger partial charge on any atom is 1.00 e. The first kappa shape index (κ1) is 23.5. The normalized spacial score (nSPS) is 11.6. The van der Waals surface area contributed by atoms with E-state index in [4.69, 9.17) is 5.11 Å². The van der Waals surface area contributed by atoms with E-state index in [-0.39, 0.29) is 51.4 Å². The van der Waals surface area contributed by atoms with Crippen molar-refractivity contribution in [2.24, 2.45) is 4.99 Å². The Balaban J connectivity index is 0. The molecule has 0 amide bonds. The monoisotopic (exact) mass is 324 g/mol. The number of carboxylic acid groups (broad SMARTS) is 1. The molecular weight excluding hydrogens is 299 g/mol. The zero-order valence-electron chi connectivity index (χ0n) is 13.0. The number of carbonyl (C=O) groups is 1. The largest absolute Gasteiger partial charge is 1.00 e. The van der Waals surface area contributed by atoms with Gasteiger partial charge in [0.15, 0.2) is 0 Å². The van der Waals surface area contributed by atoms with Crippen molar-refractivity contribution in [3.8, 4) is 0 Å². The molecule has 0 heterocycles. The molecule has 0 spiro atoms. The van der Waals surface area contributed by atoms with Gasteiger partial charge in [0.05, 0.1) is 6.54 Å². The van der Waals surface area contributed by atoms with Crippen molar-refractivity contribution in [2.75, 3.05) is 45.8 Å². The molecule has 0 fully saturated rings. The fraction of sp³-hybridized carbons (Fsp3) is 0.692. The summed E-state index contributed by atoms with van der Waals surface area (Å²) in [4.78, 5) is 13.8. The molecule has 0 aliphatic carbocycles. The van der Waals surface area contributed by atoms with E-state index in [2.05, 4.69) is 27.9 Å². The van der Waals surface area contributed by atoms with Crippen LogP contribution in [-0.4, -0.2) is 62.8 Å². The molecule has 4 N–H and O–H groups in total. The summed E-state index contributed by atoms with van der Waals surface area (Å²) in [5.74, 6) is -1.67. The second-order valence-corrected chi connectivity index (χ2v) is 4.14. The van der Waals surface area contributed by atoms with Gasteiger partial charge in [-0.2, -0.15) is 0 Å². The third-order valence-corrected chi connectivity index (χ3v) is 2.31. The van der Waals surface area contributed by atoms with Gasteiger partial charge in [0.1, 0.15) is 0 Å². The van der Waals surface area contributed by atoms with Crippen LogP contribution in [0.25, 0.3) is 0 Å². The van der Waals surface area contributed by atoms with Gasteiger partial charge in [-0.15, -0.1) is 0 Å². The van der Waals surface area contributed by atoms with Crippen LogP contribution in [0.4, 0.5) is 0 Å². The minimum atomic E-state index is -1.15. The molecule has 0 aromatic rings. The number of carboxylic acids is 1. The molecule has 7 nitrogen and oxygen atoms in total. The van der Waals surface area contributed by atoms with Crippen LogP contribution in [0.1, 0.15) is 13.3 Å². The summed E-state index contributed by atoms with van der Waals surface area (Å²) >= 11 is 0. The maximum absolute atomic E-state index is 11.0. The third kappa shape index (κ3) is 20.2. The first-order valence-corrected chi connectivity index (χ1v) is 6.91. The van der Waals surface area contributed by atoms with Gasteiger partial charge in [-0.05, 0) is 24.9 Å². The molecule has 0 aliphatic heterocycles. The van der Waals surface area contributed by atoms with Crippen LogP contribution in [0, 0.1) is 0 Å². The minimum Gasteiger partial charge on any atom is -0.859 e. The second-order valence-electron chi connectivity index (χ2n) is 4.14. The molecule has 0 saturated heterocycles. The van der Waals surface area contributed by atoms with E-state index in [0.29, 0.717) is 13.1 Å². The molecule has 8 heteroatoms. The Bertz CT molecular complexity index is 312. The average Bonchev–Trinajstić information content (AvgIpc) is 2.42. The third-order valence-electron chi connectivity index (χ3n) is 2.31. The quantitative estimate of drug-likeness (QED) is 0.0895. The molecular formula is C13H25KN4O3. The van der Waals surface area contributed by atoms with E-state index in [9.17, 15) is 9.90 Å². The van der Waals surface area contributed by atoms with Gasteiger partial charge in [-0.25, -0.2) is 4.79 Å². The number of hydrogen-bond acceptors (Lipinski definition) is 6. The fourth-order valence-corrected chi connectivity index (χ4v) is 1.35. The Morgan fingerprint density at radius 2 is 1.57 bits per heavy atom. The molecule has 0 saturated carbocycles. The van der Waals surface area contributed by atoms with Gasteiger partial charge in [-0.1, -0.05) is 6.92 Å². The van der Waals surface area contributed by atoms with Crippen molar-refractivity contribution in [1.29, 1.82) is 0 Å². The minimum absolute atomic E-state index is 0. The van der Waals surface area contributed by atoms with Gasteiger partial charge in [-0.3, -0.25) is 4.99 Å². The van der Waals surface area contributed by atoms with Crippen molar-refractivity contribution in [3.63, 3.8) is 0 Å². The van der Waals surface area contributed by atoms with Gasteiger partial charge in [0.2, 0.25) is 0 Å². The summed E-state index contributed by atoms with van der Waals surface area (Å²) < 4.78 is 0. The summed E-state index contributed by atoms with van der Waals surface area (Å²) in [6.45, 7) is 7.70. The van der Waals surface area contributed by atoms with Gasteiger partial charge >= 0.3 is 57.4 Å². The van der Waals surface area contributed by atoms with E-state index >= 15 is 0 Å². The van der Waals surface area contributed by atoms with Crippen molar-refractivity contribution >= 4 is 11.9 Å². The van der Waals surface area contributed by atoms with Crippen molar-refractivity contribution < 1.29 is 66.4 Å². The zero-order valence-corrected chi connectivity index (χ0v) is 16.1. The van der Waals surface area contributed by atoms with E-state index < -0.39 is 11.9 Å². The standard InChI is InChI=1S/C13H26N4O3.K/c1-2-5-14-6-7-15-8-9-16-10-11-17-12(18)3-4-13(19)20;/h3-4,14-16H,2,5-11H2,1H3,(H,17,18)(H,19,20);/q;+1/p-1/b4-3+;. The molecule has 0 aromatic carbocycles. The number of nitrogens with one attached hydrogen (secondary N) is 3.